The predicted molar refractivity (Wildman–Crippen MR) is 82.0 cm³/mol. The molecule has 3 rings (SSSR count). The summed E-state index contributed by atoms with van der Waals surface area (Å²) in [5, 5.41) is 9.11. The lowest BCUT2D eigenvalue weighted by Crippen LogP contribution is -2.23. The number of rotatable bonds is 4. The highest BCUT2D eigenvalue weighted by Gasteiger charge is 2.40. The van der Waals surface area contributed by atoms with E-state index >= 15 is 0 Å². The summed E-state index contributed by atoms with van der Waals surface area (Å²) in [6, 6.07) is 6.21. The van der Waals surface area contributed by atoms with Gasteiger partial charge in [-0.3, -0.25) is 9.59 Å². The van der Waals surface area contributed by atoms with Crippen LogP contribution in [0, 0.1) is 11.8 Å². The van der Waals surface area contributed by atoms with E-state index in [1.807, 2.05) is 18.2 Å². The van der Waals surface area contributed by atoms with Crippen LogP contribution in [0.1, 0.15) is 38.3 Å². The molecule has 1 aromatic carbocycles. The molecule has 1 fully saturated rings. The Morgan fingerprint density at radius 1 is 1.24 bits per heavy atom. The van der Waals surface area contributed by atoms with Gasteiger partial charge in [-0.2, -0.15) is 0 Å². The molecule has 0 radical (unpaired) electrons. The molecule has 1 aliphatic heterocycles. The zero-order valence-corrected chi connectivity index (χ0v) is 12.4. The standard InChI is InChI=1S/C16H21N3O2/c1-3-17-16(11-6-9(11)2)10-4-5-12-13(7-10)19-15(21)8-14(20)18-12/h4-5,7,9,11,16-17H,3,6,8H2,1-2H3,(H,18,20)(H,19,21). The van der Waals surface area contributed by atoms with Crippen molar-refractivity contribution < 1.29 is 9.59 Å². The van der Waals surface area contributed by atoms with E-state index in [1.165, 1.54) is 12.0 Å². The highest BCUT2D eigenvalue weighted by molar-refractivity contribution is 6.13. The largest absolute Gasteiger partial charge is 0.324 e. The van der Waals surface area contributed by atoms with Gasteiger partial charge in [0.25, 0.3) is 0 Å². The summed E-state index contributed by atoms with van der Waals surface area (Å²) >= 11 is 0. The second-order valence-corrected chi connectivity index (χ2v) is 5.99. The van der Waals surface area contributed by atoms with Gasteiger partial charge < -0.3 is 16.0 Å². The Morgan fingerprint density at radius 2 is 1.90 bits per heavy atom. The maximum atomic E-state index is 11.7. The number of carbonyl (C=O) groups is 2. The molecule has 5 nitrogen and oxygen atoms in total. The van der Waals surface area contributed by atoms with Crippen molar-refractivity contribution in [3.8, 4) is 0 Å². The number of benzene rings is 1. The van der Waals surface area contributed by atoms with E-state index in [-0.39, 0.29) is 18.2 Å². The van der Waals surface area contributed by atoms with Gasteiger partial charge in [-0.05, 0) is 42.5 Å². The van der Waals surface area contributed by atoms with Crippen LogP contribution in [0.5, 0.6) is 0 Å². The van der Waals surface area contributed by atoms with Crippen molar-refractivity contribution in [2.45, 2.75) is 32.7 Å². The molecule has 1 saturated carbocycles. The Morgan fingerprint density at radius 3 is 2.52 bits per heavy atom. The minimum Gasteiger partial charge on any atom is -0.324 e. The average Bonchev–Trinajstić information content (AvgIpc) is 3.16. The molecule has 21 heavy (non-hydrogen) atoms. The molecule has 0 aromatic heterocycles. The first-order valence-corrected chi connectivity index (χ1v) is 7.55. The molecule has 1 aliphatic carbocycles. The van der Waals surface area contributed by atoms with Crippen molar-refractivity contribution in [2.75, 3.05) is 17.2 Å². The highest BCUT2D eigenvalue weighted by Crippen LogP contribution is 2.47. The summed E-state index contributed by atoms with van der Waals surface area (Å²) in [7, 11) is 0. The van der Waals surface area contributed by atoms with Crippen molar-refractivity contribution >= 4 is 23.2 Å². The third kappa shape index (κ3) is 2.93. The van der Waals surface area contributed by atoms with Gasteiger partial charge in [0.1, 0.15) is 6.42 Å². The second-order valence-electron chi connectivity index (χ2n) is 5.99. The summed E-state index contributed by atoms with van der Waals surface area (Å²) in [6.45, 7) is 5.28. The fraction of sp³-hybridized carbons (Fsp3) is 0.500. The zero-order chi connectivity index (χ0) is 15.0. The van der Waals surface area contributed by atoms with Crippen LogP contribution in [0.3, 0.4) is 0 Å². The van der Waals surface area contributed by atoms with Gasteiger partial charge in [-0.15, -0.1) is 0 Å². The normalized spacial score (nSPS) is 25.4. The maximum Gasteiger partial charge on any atom is 0.233 e. The van der Waals surface area contributed by atoms with Gasteiger partial charge in [-0.1, -0.05) is 19.9 Å². The highest BCUT2D eigenvalue weighted by atomic mass is 16.2. The molecule has 2 amide bonds. The minimum absolute atomic E-state index is 0.125. The average molecular weight is 287 g/mol. The summed E-state index contributed by atoms with van der Waals surface area (Å²) in [4.78, 5) is 23.2. The van der Waals surface area contributed by atoms with Crippen LogP contribution in [-0.4, -0.2) is 18.4 Å². The lowest BCUT2D eigenvalue weighted by atomic mass is 9.99. The topological polar surface area (TPSA) is 70.2 Å². The molecular formula is C16H21N3O2. The summed E-state index contributed by atoms with van der Waals surface area (Å²) < 4.78 is 0. The number of hydrogen-bond acceptors (Lipinski definition) is 3. The predicted octanol–water partition coefficient (Wildman–Crippen LogP) is 2.27. The quantitative estimate of drug-likeness (QED) is 0.744. The molecule has 1 aromatic rings. The molecule has 5 heteroatoms. The lowest BCUT2D eigenvalue weighted by Gasteiger charge is -2.20. The number of hydrogen-bond donors (Lipinski definition) is 3. The van der Waals surface area contributed by atoms with Crippen molar-refractivity contribution in [2.24, 2.45) is 11.8 Å². The molecule has 112 valence electrons. The van der Waals surface area contributed by atoms with E-state index in [9.17, 15) is 9.59 Å². The van der Waals surface area contributed by atoms with E-state index in [1.54, 1.807) is 0 Å². The SMILES string of the molecule is CCNC(c1ccc2c(c1)NC(=O)CC(=O)N2)C1CC1C. The monoisotopic (exact) mass is 287 g/mol. The van der Waals surface area contributed by atoms with E-state index in [2.05, 4.69) is 29.8 Å². The number of carbonyl (C=O) groups excluding carboxylic acids is 2. The maximum absolute atomic E-state index is 11.7. The summed E-state index contributed by atoms with van der Waals surface area (Å²) in [5.74, 6) is 0.863. The first-order valence-electron chi connectivity index (χ1n) is 7.55. The van der Waals surface area contributed by atoms with E-state index in [0.717, 1.165) is 12.5 Å². The lowest BCUT2D eigenvalue weighted by molar-refractivity contribution is -0.123. The van der Waals surface area contributed by atoms with Crippen LogP contribution in [0.25, 0.3) is 0 Å². The minimum atomic E-state index is -0.266. The Hall–Kier alpha value is -1.88. The van der Waals surface area contributed by atoms with Crippen LogP contribution in [0.4, 0.5) is 11.4 Å². The van der Waals surface area contributed by atoms with E-state index in [0.29, 0.717) is 23.3 Å². The number of anilines is 2. The molecule has 1 heterocycles. The fourth-order valence-corrected chi connectivity index (χ4v) is 3.05. The zero-order valence-electron chi connectivity index (χ0n) is 12.4. The molecule has 0 bridgehead atoms. The number of amides is 2. The van der Waals surface area contributed by atoms with E-state index < -0.39 is 0 Å². The number of nitrogens with one attached hydrogen (secondary N) is 3. The van der Waals surface area contributed by atoms with Gasteiger partial charge in [-0.25, -0.2) is 0 Å². The Labute approximate surface area is 124 Å². The fourth-order valence-electron chi connectivity index (χ4n) is 3.05. The van der Waals surface area contributed by atoms with Crippen molar-refractivity contribution in [3.63, 3.8) is 0 Å². The third-order valence-corrected chi connectivity index (χ3v) is 4.30. The Kier molecular flexibility index (Phi) is 3.68. The van der Waals surface area contributed by atoms with Crippen molar-refractivity contribution in [3.05, 3.63) is 23.8 Å². The molecule has 0 saturated heterocycles. The third-order valence-electron chi connectivity index (χ3n) is 4.30. The Bertz CT molecular complexity index is 585. The Balaban J connectivity index is 1.90. The first kappa shape index (κ1) is 14.1. The van der Waals surface area contributed by atoms with Crippen molar-refractivity contribution in [1.82, 2.24) is 5.32 Å². The van der Waals surface area contributed by atoms with Crippen LogP contribution >= 0.6 is 0 Å². The molecule has 3 atom stereocenters. The molecule has 2 aliphatic rings. The molecular weight excluding hydrogens is 266 g/mol. The van der Waals surface area contributed by atoms with Crippen LogP contribution in [0.15, 0.2) is 18.2 Å². The molecule has 0 spiro atoms. The van der Waals surface area contributed by atoms with Gasteiger partial charge in [0.2, 0.25) is 11.8 Å². The van der Waals surface area contributed by atoms with Crippen LogP contribution in [-0.2, 0) is 9.59 Å². The van der Waals surface area contributed by atoms with Crippen molar-refractivity contribution in [1.29, 1.82) is 0 Å². The summed E-state index contributed by atoms with van der Waals surface area (Å²) in [6.07, 6.45) is 1.11. The molecule has 3 unspecified atom stereocenters. The number of fused-ring (bicyclic) bond motifs is 1. The van der Waals surface area contributed by atoms with E-state index in [4.69, 9.17) is 0 Å². The second kappa shape index (κ2) is 5.48. The smallest absolute Gasteiger partial charge is 0.233 e. The van der Waals surface area contributed by atoms with Gasteiger partial charge in [0.05, 0.1) is 11.4 Å². The van der Waals surface area contributed by atoms with Gasteiger partial charge >= 0.3 is 0 Å². The first-order chi connectivity index (χ1) is 10.1. The summed E-state index contributed by atoms with van der Waals surface area (Å²) in [5.41, 5.74) is 2.54. The van der Waals surface area contributed by atoms with Gasteiger partial charge in [0, 0.05) is 6.04 Å². The molecule has 3 N–H and O–H groups in total. The van der Waals surface area contributed by atoms with Crippen LogP contribution in [0.2, 0.25) is 0 Å². The van der Waals surface area contributed by atoms with Gasteiger partial charge in [0.15, 0.2) is 0 Å². The van der Waals surface area contributed by atoms with Crippen LogP contribution < -0.4 is 16.0 Å².